The summed E-state index contributed by atoms with van der Waals surface area (Å²) in [4.78, 5) is 19.5. The van der Waals surface area contributed by atoms with Crippen molar-refractivity contribution in [2.24, 2.45) is 5.92 Å². The molecule has 31 heavy (non-hydrogen) atoms. The van der Waals surface area contributed by atoms with E-state index in [2.05, 4.69) is 15.0 Å². The van der Waals surface area contributed by atoms with E-state index in [-0.39, 0.29) is 11.7 Å². The Labute approximate surface area is 184 Å². The fourth-order valence-electron chi connectivity index (χ4n) is 4.33. The highest BCUT2D eigenvalue weighted by Gasteiger charge is 2.31. The molecule has 0 bridgehead atoms. The Morgan fingerprint density at radius 1 is 1.23 bits per heavy atom. The lowest BCUT2D eigenvalue weighted by Gasteiger charge is -2.36. The van der Waals surface area contributed by atoms with Crippen molar-refractivity contribution in [2.75, 3.05) is 46.8 Å². The van der Waals surface area contributed by atoms with Gasteiger partial charge in [0.2, 0.25) is 0 Å². The van der Waals surface area contributed by atoms with Crippen LogP contribution in [0, 0.1) is 11.7 Å². The van der Waals surface area contributed by atoms with Crippen LogP contribution in [0.4, 0.5) is 4.39 Å². The summed E-state index contributed by atoms with van der Waals surface area (Å²) in [6.45, 7) is 4.58. The summed E-state index contributed by atoms with van der Waals surface area (Å²) in [6.07, 6.45) is 4.37. The number of piperidine rings is 1. The van der Waals surface area contributed by atoms with E-state index >= 15 is 0 Å². The average Bonchev–Trinajstić information content (AvgIpc) is 3.49. The second-order valence-electron chi connectivity index (χ2n) is 9.28. The van der Waals surface area contributed by atoms with Gasteiger partial charge < -0.3 is 14.3 Å². The van der Waals surface area contributed by atoms with Crippen molar-refractivity contribution in [3.63, 3.8) is 0 Å². The fourth-order valence-corrected chi connectivity index (χ4v) is 4.33. The molecule has 1 aromatic heterocycles. The standard InChI is InChI=1S/C24H33FN4O2/c1-27(2)12-13-29(24(30)22-14-23(31-26-22)19-9-10-19)16-18-6-5-11-28(15-18)17-20-7-3-4-8-21(20)25/h3-4,7-8,14,18-19H,5-6,9-13,15-17H2,1-2H3. The topological polar surface area (TPSA) is 52.8 Å². The Bertz CT molecular complexity index is 880. The van der Waals surface area contributed by atoms with Gasteiger partial charge in [-0.2, -0.15) is 0 Å². The van der Waals surface area contributed by atoms with Crippen LogP contribution < -0.4 is 0 Å². The predicted octanol–water partition coefficient (Wildman–Crippen LogP) is 3.61. The first-order valence-corrected chi connectivity index (χ1v) is 11.4. The Hall–Kier alpha value is -2.25. The molecule has 1 atom stereocenters. The van der Waals surface area contributed by atoms with Gasteiger partial charge in [-0.25, -0.2) is 4.39 Å². The summed E-state index contributed by atoms with van der Waals surface area (Å²) >= 11 is 0. The molecule has 168 valence electrons. The summed E-state index contributed by atoms with van der Waals surface area (Å²) in [5.41, 5.74) is 1.15. The molecule has 0 spiro atoms. The Kier molecular flexibility index (Phi) is 7.02. The number of rotatable bonds is 9. The number of halogens is 1. The zero-order valence-corrected chi connectivity index (χ0v) is 18.6. The highest BCUT2D eigenvalue weighted by atomic mass is 19.1. The second kappa shape index (κ2) is 9.92. The molecule has 2 aliphatic rings. The molecule has 2 fully saturated rings. The highest BCUT2D eigenvalue weighted by molar-refractivity contribution is 5.92. The van der Waals surface area contributed by atoms with Gasteiger partial charge in [-0.15, -0.1) is 0 Å². The SMILES string of the molecule is CN(C)CCN(CC1CCCN(Cc2ccccc2F)C1)C(=O)c1cc(C2CC2)on1. The maximum Gasteiger partial charge on any atom is 0.276 e. The number of hydrogen-bond donors (Lipinski definition) is 0. The molecule has 0 N–H and O–H groups in total. The lowest BCUT2D eigenvalue weighted by molar-refractivity contribution is 0.0650. The zero-order valence-electron chi connectivity index (χ0n) is 18.6. The van der Waals surface area contributed by atoms with Crippen molar-refractivity contribution < 1.29 is 13.7 Å². The van der Waals surface area contributed by atoms with Gasteiger partial charge in [-0.3, -0.25) is 9.69 Å². The van der Waals surface area contributed by atoms with Crippen molar-refractivity contribution in [1.82, 2.24) is 19.9 Å². The van der Waals surface area contributed by atoms with Crippen molar-refractivity contribution in [1.29, 1.82) is 0 Å². The first-order chi connectivity index (χ1) is 15.0. The van der Waals surface area contributed by atoms with E-state index in [1.165, 1.54) is 6.07 Å². The van der Waals surface area contributed by atoms with Crippen LogP contribution >= 0.6 is 0 Å². The van der Waals surface area contributed by atoms with E-state index in [4.69, 9.17) is 4.52 Å². The van der Waals surface area contributed by atoms with Crippen LogP contribution in [-0.4, -0.2) is 72.6 Å². The number of amides is 1. The summed E-state index contributed by atoms with van der Waals surface area (Å²) in [5, 5.41) is 4.07. The van der Waals surface area contributed by atoms with Crippen LogP contribution in [0.3, 0.4) is 0 Å². The molecule has 1 aliphatic heterocycles. The van der Waals surface area contributed by atoms with E-state index < -0.39 is 0 Å². The highest BCUT2D eigenvalue weighted by Crippen LogP contribution is 2.40. The predicted molar refractivity (Wildman–Crippen MR) is 117 cm³/mol. The molecule has 2 aromatic rings. The van der Waals surface area contributed by atoms with Gasteiger partial charge in [0.15, 0.2) is 5.69 Å². The number of likely N-dealkylation sites (tertiary alicyclic amines) is 1. The Morgan fingerprint density at radius 2 is 2.03 bits per heavy atom. The van der Waals surface area contributed by atoms with Crippen molar-refractivity contribution in [3.8, 4) is 0 Å². The van der Waals surface area contributed by atoms with Crippen LogP contribution in [0.5, 0.6) is 0 Å². The number of carbonyl (C=O) groups excluding carboxylic acids is 1. The zero-order chi connectivity index (χ0) is 21.8. The molecule has 4 rings (SSSR count). The summed E-state index contributed by atoms with van der Waals surface area (Å²) in [6, 6.07) is 8.81. The number of carbonyl (C=O) groups is 1. The van der Waals surface area contributed by atoms with Gasteiger partial charge in [0.05, 0.1) is 0 Å². The molecule has 1 saturated carbocycles. The number of nitrogens with zero attached hydrogens (tertiary/aromatic N) is 4. The quantitative estimate of drug-likeness (QED) is 0.611. The summed E-state index contributed by atoms with van der Waals surface area (Å²) < 4.78 is 19.5. The van der Waals surface area contributed by atoms with Gasteiger partial charge in [-0.1, -0.05) is 23.4 Å². The van der Waals surface area contributed by atoms with E-state index in [0.29, 0.717) is 37.2 Å². The van der Waals surface area contributed by atoms with E-state index in [0.717, 1.165) is 56.6 Å². The maximum atomic E-state index is 14.1. The lowest BCUT2D eigenvalue weighted by atomic mass is 9.96. The molecule has 6 nitrogen and oxygen atoms in total. The van der Waals surface area contributed by atoms with Gasteiger partial charge in [0.25, 0.3) is 5.91 Å². The van der Waals surface area contributed by atoms with E-state index in [9.17, 15) is 9.18 Å². The maximum absolute atomic E-state index is 14.1. The molecule has 0 radical (unpaired) electrons. The molecule has 1 unspecified atom stereocenters. The van der Waals surface area contributed by atoms with Crippen LogP contribution in [0.2, 0.25) is 0 Å². The molecule has 1 aromatic carbocycles. The minimum Gasteiger partial charge on any atom is -0.360 e. The lowest BCUT2D eigenvalue weighted by Crippen LogP contribution is -2.44. The van der Waals surface area contributed by atoms with Crippen molar-refractivity contribution >= 4 is 5.91 Å². The molecule has 7 heteroatoms. The van der Waals surface area contributed by atoms with Gasteiger partial charge in [0.1, 0.15) is 11.6 Å². The summed E-state index contributed by atoms with van der Waals surface area (Å²) in [7, 11) is 4.03. The molecule has 2 heterocycles. The second-order valence-corrected chi connectivity index (χ2v) is 9.28. The van der Waals surface area contributed by atoms with Crippen LogP contribution in [0.1, 0.15) is 53.4 Å². The molecule has 1 aliphatic carbocycles. The number of benzene rings is 1. The minimum atomic E-state index is -0.148. The third-order valence-corrected chi connectivity index (χ3v) is 6.27. The van der Waals surface area contributed by atoms with Crippen LogP contribution in [0.15, 0.2) is 34.9 Å². The van der Waals surface area contributed by atoms with Gasteiger partial charge in [-0.05, 0) is 58.3 Å². The van der Waals surface area contributed by atoms with Crippen LogP contribution in [0.25, 0.3) is 0 Å². The first kappa shape index (κ1) is 22.0. The third kappa shape index (κ3) is 5.92. The number of likely N-dealkylation sites (N-methyl/N-ethyl adjacent to an activating group) is 1. The number of hydrogen-bond acceptors (Lipinski definition) is 5. The minimum absolute atomic E-state index is 0.0521. The van der Waals surface area contributed by atoms with Crippen molar-refractivity contribution in [3.05, 3.63) is 53.2 Å². The van der Waals surface area contributed by atoms with Gasteiger partial charge >= 0.3 is 0 Å². The third-order valence-electron chi connectivity index (χ3n) is 6.27. The smallest absolute Gasteiger partial charge is 0.276 e. The molecule has 1 saturated heterocycles. The van der Waals surface area contributed by atoms with Crippen LogP contribution in [-0.2, 0) is 6.54 Å². The number of aromatic nitrogens is 1. The molecular formula is C24H33FN4O2. The Morgan fingerprint density at radius 3 is 2.77 bits per heavy atom. The normalized spacial score (nSPS) is 19.7. The van der Waals surface area contributed by atoms with E-state index in [1.807, 2.05) is 37.2 Å². The van der Waals surface area contributed by atoms with Gasteiger partial charge in [0, 0.05) is 50.3 Å². The fraction of sp³-hybridized carbons (Fsp3) is 0.583. The van der Waals surface area contributed by atoms with Crippen molar-refractivity contribution in [2.45, 2.75) is 38.1 Å². The molecular weight excluding hydrogens is 395 g/mol. The first-order valence-electron chi connectivity index (χ1n) is 11.4. The molecule has 1 amide bonds. The monoisotopic (exact) mass is 428 g/mol. The summed E-state index contributed by atoms with van der Waals surface area (Å²) in [5.74, 6) is 1.44. The average molecular weight is 429 g/mol. The van der Waals surface area contributed by atoms with E-state index in [1.54, 1.807) is 6.07 Å². The largest absolute Gasteiger partial charge is 0.360 e. The Balaban J connectivity index is 1.40.